The lowest BCUT2D eigenvalue weighted by atomic mass is 10.1. The Hall–Kier alpha value is -3.51. The highest BCUT2D eigenvalue weighted by Crippen LogP contribution is 2.25. The summed E-state index contributed by atoms with van der Waals surface area (Å²) in [5, 5.41) is 0. The average molecular weight is 448 g/mol. The van der Waals surface area contributed by atoms with Gasteiger partial charge in [0.05, 0.1) is 5.56 Å². The van der Waals surface area contributed by atoms with Crippen LogP contribution in [0.15, 0.2) is 94.0 Å². The molecule has 142 valence electrons. The van der Waals surface area contributed by atoms with E-state index in [9.17, 15) is 9.59 Å². The quantitative estimate of drug-likeness (QED) is 0.320. The Kier molecular flexibility index (Phi) is 5.35. The van der Waals surface area contributed by atoms with E-state index in [-0.39, 0.29) is 11.6 Å². The number of ether oxygens (including phenoxy) is 2. The Labute approximate surface area is 175 Å². The van der Waals surface area contributed by atoms with Gasteiger partial charge in [-0.1, -0.05) is 52.3 Å². The van der Waals surface area contributed by atoms with Crippen LogP contribution < -0.4 is 4.74 Å². The third-order valence-corrected chi connectivity index (χ3v) is 4.66. The van der Waals surface area contributed by atoms with E-state index in [2.05, 4.69) is 20.9 Å². The van der Waals surface area contributed by atoms with E-state index in [1.54, 1.807) is 54.6 Å². The molecule has 4 rings (SSSR count). The molecule has 0 saturated heterocycles. The van der Waals surface area contributed by atoms with Crippen molar-refractivity contribution in [1.29, 1.82) is 0 Å². The van der Waals surface area contributed by atoms with Crippen LogP contribution in [0.5, 0.6) is 5.75 Å². The minimum absolute atomic E-state index is 0.135. The zero-order valence-corrected chi connectivity index (χ0v) is 16.6. The number of carbonyl (C=O) groups is 2. The van der Waals surface area contributed by atoms with Crippen LogP contribution >= 0.6 is 15.9 Å². The largest absolute Gasteiger partial charge is 0.422 e. The average Bonchev–Trinajstić information content (AvgIpc) is 3.11. The van der Waals surface area contributed by atoms with E-state index < -0.39 is 11.9 Å². The molecule has 0 N–H and O–H groups in total. The summed E-state index contributed by atoms with van der Waals surface area (Å²) in [6.45, 7) is 0. The van der Waals surface area contributed by atoms with Crippen molar-refractivity contribution in [1.82, 2.24) is 0 Å². The number of para-hydroxylation sites is 1. The monoisotopic (exact) mass is 447 g/mol. The van der Waals surface area contributed by atoms with Gasteiger partial charge in [-0.3, -0.25) is 0 Å². The molecule has 0 amide bonds. The van der Waals surface area contributed by atoms with Gasteiger partial charge in [0.2, 0.25) is 5.90 Å². The van der Waals surface area contributed by atoms with Crippen molar-refractivity contribution in [2.24, 2.45) is 4.99 Å². The first kappa shape index (κ1) is 18.8. The molecule has 29 heavy (non-hydrogen) atoms. The van der Waals surface area contributed by atoms with Crippen molar-refractivity contribution < 1.29 is 19.1 Å². The number of hydrogen-bond donors (Lipinski definition) is 0. The van der Waals surface area contributed by atoms with Gasteiger partial charge in [-0.25, -0.2) is 14.6 Å². The highest BCUT2D eigenvalue weighted by Gasteiger charge is 2.24. The maximum Gasteiger partial charge on any atom is 0.363 e. The summed E-state index contributed by atoms with van der Waals surface area (Å²) in [6.07, 6.45) is 1.54. The number of aliphatic imine (C=N–C) groups is 1. The molecule has 1 heterocycles. The van der Waals surface area contributed by atoms with Crippen LogP contribution in [0.2, 0.25) is 0 Å². The van der Waals surface area contributed by atoms with Crippen molar-refractivity contribution in [3.05, 3.63) is 106 Å². The zero-order valence-electron chi connectivity index (χ0n) is 15.0. The molecule has 1 aliphatic heterocycles. The second-order valence-electron chi connectivity index (χ2n) is 6.14. The van der Waals surface area contributed by atoms with Gasteiger partial charge >= 0.3 is 11.9 Å². The number of benzene rings is 3. The molecule has 0 radical (unpaired) electrons. The van der Waals surface area contributed by atoms with Gasteiger partial charge in [0.25, 0.3) is 0 Å². The summed E-state index contributed by atoms with van der Waals surface area (Å²) in [6, 6.07) is 22.9. The lowest BCUT2D eigenvalue weighted by Crippen LogP contribution is -2.09. The van der Waals surface area contributed by atoms with Crippen molar-refractivity contribution in [2.75, 3.05) is 0 Å². The lowest BCUT2D eigenvalue weighted by molar-refractivity contribution is -0.129. The molecule has 0 atom stereocenters. The highest BCUT2D eigenvalue weighted by molar-refractivity contribution is 9.10. The van der Waals surface area contributed by atoms with Gasteiger partial charge in [-0.05, 0) is 48.5 Å². The van der Waals surface area contributed by atoms with Gasteiger partial charge < -0.3 is 9.47 Å². The van der Waals surface area contributed by atoms with Crippen molar-refractivity contribution in [3.8, 4) is 5.75 Å². The Morgan fingerprint density at radius 1 is 0.931 bits per heavy atom. The summed E-state index contributed by atoms with van der Waals surface area (Å²) in [7, 11) is 0. The van der Waals surface area contributed by atoms with Crippen molar-refractivity contribution >= 4 is 39.8 Å². The van der Waals surface area contributed by atoms with E-state index in [0.717, 1.165) is 4.47 Å². The van der Waals surface area contributed by atoms with Gasteiger partial charge in [-0.2, -0.15) is 0 Å². The van der Waals surface area contributed by atoms with Crippen LogP contribution in [0.1, 0.15) is 21.5 Å². The number of cyclic esters (lactones) is 1. The fourth-order valence-corrected chi connectivity index (χ4v) is 2.96. The predicted octanol–water partition coefficient (Wildman–Crippen LogP) is 5.01. The van der Waals surface area contributed by atoms with Crippen LogP contribution in [-0.2, 0) is 9.53 Å². The molecule has 3 aromatic carbocycles. The van der Waals surface area contributed by atoms with E-state index in [1.807, 2.05) is 30.3 Å². The summed E-state index contributed by atoms with van der Waals surface area (Å²) in [5.41, 5.74) is 1.80. The Morgan fingerprint density at radius 3 is 2.38 bits per heavy atom. The maximum absolute atomic E-state index is 12.4. The van der Waals surface area contributed by atoms with Crippen molar-refractivity contribution in [3.63, 3.8) is 0 Å². The predicted molar refractivity (Wildman–Crippen MR) is 113 cm³/mol. The SMILES string of the molecule is O=C1OC(c2ccccc2)=N/C1=C\c1ccccc1OC(=O)c1ccc(Br)cc1. The molecular formula is C23H14BrNO4. The summed E-state index contributed by atoms with van der Waals surface area (Å²) in [5.74, 6) is -0.487. The molecule has 3 aromatic rings. The third kappa shape index (κ3) is 4.33. The normalized spacial score (nSPS) is 14.4. The second kappa shape index (κ2) is 8.24. The van der Waals surface area contributed by atoms with E-state index in [0.29, 0.717) is 22.4 Å². The third-order valence-electron chi connectivity index (χ3n) is 4.14. The first-order valence-corrected chi connectivity index (χ1v) is 9.54. The Balaban J connectivity index is 1.61. The van der Waals surface area contributed by atoms with Crippen molar-refractivity contribution in [2.45, 2.75) is 0 Å². The lowest BCUT2D eigenvalue weighted by Gasteiger charge is -2.07. The molecule has 0 bridgehead atoms. The van der Waals surface area contributed by atoms with Crippen LogP contribution in [-0.4, -0.2) is 17.8 Å². The number of esters is 2. The number of carbonyl (C=O) groups excluding carboxylic acids is 2. The van der Waals surface area contributed by atoms with Gasteiger partial charge in [0, 0.05) is 15.6 Å². The number of halogens is 1. The molecule has 0 saturated carbocycles. The van der Waals surface area contributed by atoms with E-state index in [1.165, 1.54) is 0 Å². The molecule has 0 spiro atoms. The molecule has 0 aromatic heterocycles. The molecule has 0 fully saturated rings. The topological polar surface area (TPSA) is 65.0 Å². The Bertz CT molecular complexity index is 1140. The molecule has 1 aliphatic rings. The number of hydrogen-bond acceptors (Lipinski definition) is 5. The number of nitrogens with zero attached hydrogens (tertiary/aromatic N) is 1. The summed E-state index contributed by atoms with van der Waals surface area (Å²) >= 11 is 3.33. The van der Waals surface area contributed by atoms with E-state index >= 15 is 0 Å². The van der Waals surface area contributed by atoms with Crippen LogP contribution in [0, 0.1) is 0 Å². The van der Waals surface area contributed by atoms with Crippen LogP contribution in [0.3, 0.4) is 0 Å². The fourth-order valence-electron chi connectivity index (χ4n) is 2.70. The summed E-state index contributed by atoms with van der Waals surface area (Å²) in [4.78, 5) is 29.0. The smallest absolute Gasteiger partial charge is 0.363 e. The first-order chi connectivity index (χ1) is 14.1. The molecular weight excluding hydrogens is 434 g/mol. The zero-order chi connectivity index (χ0) is 20.2. The first-order valence-electron chi connectivity index (χ1n) is 8.75. The fraction of sp³-hybridized carbons (Fsp3) is 0. The molecule has 0 unspecified atom stereocenters. The summed E-state index contributed by atoms with van der Waals surface area (Å²) < 4.78 is 11.7. The van der Waals surface area contributed by atoms with Gasteiger partial charge in [0.15, 0.2) is 5.70 Å². The van der Waals surface area contributed by atoms with E-state index in [4.69, 9.17) is 9.47 Å². The standard InChI is InChI=1S/C23H14BrNO4/c24-18-12-10-16(11-13-18)22(26)28-20-9-5-4-8-17(20)14-19-23(27)29-21(25-19)15-6-2-1-3-7-15/h1-14H/b19-14-. The molecule has 0 aliphatic carbocycles. The highest BCUT2D eigenvalue weighted by atomic mass is 79.9. The molecule has 6 heteroatoms. The Morgan fingerprint density at radius 2 is 1.62 bits per heavy atom. The number of rotatable bonds is 4. The maximum atomic E-state index is 12.4. The van der Waals surface area contributed by atoms with Gasteiger partial charge in [-0.15, -0.1) is 0 Å². The minimum atomic E-state index is -0.558. The second-order valence-corrected chi connectivity index (χ2v) is 7.05. The van der Waals surface area contributed by atoms with Gasteiger partial charge in [0.1, 0.15) is 5.75 Å². The van der Waals surface area contributed by atoms with Crippen LogP contribution in [0.4, 0.5) is 0 Å². The molecule has 5 nitrogen and oxygen atoms in total. The van der Waals surface area contributed by atoms with Crippen LogP contribution in [0.25, 0.3) is 6.08 Å². The minimum Gasteiger partial charge on any atom is -0.422 e.